The van der Waals surface area contributed by atoms with Crippen molar-refractivity contribution in [2.75, 3.05) is 0 Å². The molecule has 3 saturated carbocycles. The van der Waals surface area contributed by atoms with E-state index in [1.165, 1.54) is 19.8 Å². The summed E-state index contributed by atoms with van der Waals surface area (Å²) >= 11 is 0. The summed E-state index contributed by atoms with van der Waals surface area (Å²) in [5.74, 6) is 0.986. The van der Waals surface area contributed by atoms with Gasteiger partial charge < -0.3 is 4.79 Å². The summed E-state index contributed by atoms with van der Waals surface area (Å²) in [5.41, 5.74) is 1.87. The van der Waals surface area contributed by atoms with Gasteiger partial charge in [0.15, 0.2) is 0 Å². The fraction of sp³-hybridized carbons (Fsp3) is 0.923. The van der Waals surface area contributed by atoms with Crippen molar-refractivity contribution in [3.63, 3.8) is 0 Å². The summed E-state index contributed by atoms with van der Waals surface area (Å²) in [7, 11) is 0. The molecule has 0 radical (unpaired) electrons. The van der Waals surface area contributed by atoms with E-state index >= 15 is 0 Å². The molecule has 82 valence electrons. The van der Waals surface area contributed by atoms with E-state index in [0.717, 1.165) is 12.2 Å². The third-order valence-electron chi connectivity index (χ3n) is 5.52. The molecule has 3 aliphatic carbocycles. The molecule has 0 saturated heterocycles. The maximum Gasteiger partial charge on any atom is 0.116 e. The SMILES string of the molecule is CC1(C)C2CCC1(C)C2(C)C.CC=O. The van der Waals surface area contributed by atoms with E-state index in [1.54, 1.807) is 0 Å². The Morgan fingerprint density at radius 3 is 1.50 bits per heavy atom. The van der Waals surface area contributed by atoms with Crippen molar-refractivity contribution in [3.05, 3.63) is 0 Å². The molecule has 3 aliphatic rings. The first kappa shape index (κ1) is 11.7. The molecule has 0 aliphatic heterocycles. The van der Waals surface area contributed by atoms with Crippen molar-refractivity contribution in [1.29, 1.82) is 0 Å². The minimum atomic E-state index is 0.622. The standard InChI is InChI=1S/C11H20.C2H4O/c1-9(2)8-6-7-11(9,5)10(8,3)4;1-2-3/h8H,6-7H2,1-5H3;2H,1H3. The molecule has 0 atom stereocenters. The van der Waals surface area contributed by atoms with Crippen LogP contribution in [0.2, 0.25) is 0 Å². The second-order valence-corrected chi connectivity index (χ2v) is 6.10. The Morgan fingerprint density at radius 2 is 1.43 bits per heavy atom. The lowest BCUT2D eigenvalue weighted by atomic mass is 9.38. The van der Waals surface area contributed by atoms with Gasteiger partial charge >= 0.3 is 0 Å². The highest BCUT2D eigenvalue weighted by atomic mass is 16.1. The van der Waals surface area contributed by atoms with E-state index in [2.05, 4.69) is 34.6 Å². The Labute approximate surface area is 88.3 Å². The second-order valence-electron chi connectivity index (χ2n) is 6.10. The van der Waals surface area contributed by atoms with Gasteiger partial charge in [-0.2, -0.15) is 0 Å². The van der Waals surface area contributed by atoms with Crippen LogP contribution >= 0.6 is 0 Å². The van der Waals surface area contributed by atoms with Crippen molar-refractivity contribution in [2.24, 2.45) is 22.2 Å². The van der Waals surface area contributed by atoms with Crippen LogP contribution in [0.5, 0.6) is 0 Å². The summed E-state index contributed by atoms with van der Waals surface area (Å²) < 4.78 is 0. The Bertz CT molecular complexity index is 222. The van der Waals surface area contributed by atoms with Gasteiger partial charge in [0.2, 0.25) is 0 Å². The normalized spacial score (nSPS) is 40.6. The van der Waals surface area contributed by atoms with Gasteiger partial charge in [-0.15, -0.1) is 0 Å². The topological polar surface area (TPSA) is 17.1 Å². The quantitative estimate of drug-likeness (QED) is 0.540. The third-order valence-corrected chi connectivity index (χ3v) is 5.52. The van der Waals surface area contributed by atoms with E-state index in [-0.39, 0.29) is 0 Å². The minimum Gasteiger partial charge on any atom is -0.304 e. The first-order valence-electron chi connectivity index (χ1n) is 5.65. The molecular weight excluding hydrogens is 172 g/mol. The Morgan fingerprint density at radius 1 is 1.07 bits per heavy atom. The van der Waals surface area contributed by atoms with Crippen molar-refractivity contribution >= 4 is 6.29 Å². The monoisotopic (exact) mass is 196 g/mol. The van der Waals surface area contributed by atoms with Gasteiger partial charge in [0.25, 0.3) is 0 Å². The van der Waals surface area contributed by atoms with Crippen LogP contribution in [0.3, 0.4) is 0 Å². The number of rotatable bonds is 0. The molecule has 14 heavy (non-hydrogen) atoms. The highest BCUT2D eigenvalue weighted by Gasteiger charge is 2.72. The molecule has 0 aromatic rings. The summed E-state index contributed by atoms with van der Waals surface area (Å²) in [6, 6.07) is 0. The number of aldehydes is 1. The van der Waals surface area contributed by atoms with Crippen LogP contribution in [0.15, 0.2) is 0 Å². The van der Waals surface area contributed by atoms with Crippen LogP contribution in [0, 0.1) is 22.2 Å². The molecule has 3 fully saturated rings. The largest absolute Gasteiger partial charge is 0.304 e. The van der Waals surface area contributed by atoms with Gasteiger partial charge in [-0.05, 0) is 41.9 Å². The van der Waals surface area contributed by atoms with Gasteiger partial charge in [-0.3, -0.25) is 0 Å². The zero-order valence-corrected chi connectivity index (χ0v) is 10.5. The Kier molecular flexibility index (Phi) is 2.58. The second kappa shape index (κ2) is 3.08. The van der Waals surface area contributed by atoms with Gasteiger partial charge in [-0.25, -0.2) is 0 Å². The van der Waals surface area contributed by atoms with Crippen molar-refractivity contribution in [3.8, 4) is 0 Å². The molecule has 0 unspecified atom stereocenters. The molecule has 0 N–H and O–H groups in total. The van der Waals surface area contributed by atoms with E-state index in [0.29, 0.717) is 16.2 Å². The molecule has 0 spiro atoms. The molecule has 0 aromatic heterocycles. The Hall–Kier alpha value is -0.330. The Balaban J connectivity index is 0.000000293. The van der Waals surface area contributed by atoms with Crippen molar-refractivity contribution in [1.82, 2.24) is 0 Å². The highest BCUT2D eigenvalue weighted by Crippen LogP contribution is 2.79. The lowest BCUT2D eigenvalue weighted by molar-refractivity contribution is -0.180. The maximum absolute atomic E-state index is 8.81. The number of hydrogen-bond donors (Lipinski definition) is 0. The average Bonchev–Trinajstić information content (AvgIpc) is 2.40. The first-order chi connectivity index (χ1) is 6.25. The summed E-state index contributed by atoms with van der Waals surface area (Å²) in [4.78, 5) is 8.81. The summed E-state index contributed by atoms with van der Waals surface area (Å²) in [5, 5.41) is 0. The minimum absolute atomic E-state index is 0.622. The first-order valence-corrected chi connectivity index (χ1v) is 5.65. The maximum atomic E-state index is 8.81. The number of carbonyl (C=O) groups excluding carboxylic acids is 1. The van der Waals surface area contributed by atoms with Crippen LogP contribution in [0.25, 0.3) is 0 Å². The predicted molar refractivity (Wildman–Crippen MR) is 60.1 cm³/mol. The average molecular weight is 196 g/mol. The van der Waals surface area contributed by atoms with Crippen LogP contribution in [-0.4, -0.2) is 6.29 Å². The lowest BCUT2D eigenvalue weighted by Gasteiger charge is -2.66. The van der Waals surface area contributed by atoms with E-state index < -0.39 is 0 Å². The fourth-order valence-corrected chi connectivity index (χ4v) is 4.22. The van der Waals surface area contributed by atoms with E-state index in [4.69, 9.17) is 4.79 Å². The van der Waals surface area contributed by atoms with Gasteiger partial charge in [0.05, 0.1) is 0 Å². The van der Waals surface area contributed by atoms with Crippen LogP contribution in [-0.2, 0) is 4.79 Å². The fourth-order valence-electron chi connectivity index (χ4n) is 4.22. The molecule has 0 amide bonds. The highest BCUT2D eigenvalue weighted by molar-refractivity contribution is 5.44. The summed E-state index contributed by atoms with van der Waals surface area (Å²) in [6.07, 6.45) is 3.67. The number of carbonyl (C=O) groups is 1. The molecule has 0 heterocycles. The van der Waals surface area contributed by atoms with Crippen molar-refractivity contribution < 1.29 is 4.79 Å². The summed E-state index contributed by atoms with van der Waals surface area (Å²) in [6.45, 7) is 13.7. The van der Waals surface area contributed by atoms with Gasteiger partial charge in [-0.1, -0.05) is 34.6 Å². The van der Waals surface area contributed by atoms with Crippen LogP contribution in [0.4, 0.5) is 0 Å². The van der Waals surface area contributed by atoms with Gasteiger partial charge in [0.1, 0.15) is 6.29 Å². The van der Waals surface area contributed by atoms with Crippen molar-refractivity contribution in [2.45, 2.75) is 54.4 Å². The zero-order valence-electron chi connectivity index (χ0n) is 10.5. The molecule has 0 aromatic carbocycles. The molecule has 1 heteroatoms. The number of hydrogen-bond acceptors (Lipinski definition) is 1. The van der Waals surface area contributed by atoms with Crippen LogP contribution in [0.1, 0.15) is 54.4 Å². The molecule has 2 bridgehead atoms. The smallest absolute Gasteiger partial charge is 0.116 e. The zero-order chi connectivity index (χ0) is 11.2. The van der Waals surface area contributed by atoms with E-state index in [1.807, 2.05) is 0 Å². The van der Waals surface area contributed by atoms with E-state index in [9.17, 15) is 0 Å². The molecule has 3 rings (SSSR count). The number of fused-ring (bicyclic) bond motifs is 1. The molecule has 1 nitrogen and oxygen atoms in total. The predicted octanol–water partition coefficient (Wildman–Crippen LogP) is 3.67. The van der Waals surface area contributed by atoms with Crippen LogP contribution < -0.4 is 0 Å². The lowest BCUT2D eigenvalue weighted by Crippen LogP contribution is -2.60. The van der Waals surface area contributed by atoms with Gasteiger partial charge in [0, 0.05) is 0 Å². The molecular formula is C13H24O. The third kappa shape index (κ3) is 1.04.